The van der Waals surface area contributed by atoms with E-state index in [9.17, 15) is 14.7 Å². The fourth-order valence-electron chi connectivity index (χ4n) is 2.90. The Morgan fingerprint density at radius 1 is 1.15 bits per heavy atom. The van der Waals surface area contributed by atoms with Gasteiger partial charge in [0.2, 0.25) is 5.91 Å². The van der Waals surface area contributed by atoms with Crippen molar-refractivity contribution in [3.63, 3.8) is 0 Å². The molecule has 2 atom stereocenters. The molecule has 0 aliphatic rings. The minimum absolute atomic E-state index is 0.0760. The summed E-state index contributed by atoms with van der Waals surface area (Å²) in [5, 5.41) is 18.5. The number of hydrogen-bond donors (Lipinski definition) is 2. The van der Waals surface area contributed by atoms with Crippen LogP contribution in [0.15, 0.2) is 60.9 Å². The van der Waals surface area contributed by atoms with Crippen molar-refractivity contribution in [2.75, 3.05) is 6.54 Å². The van der Waals surface area contributed by atoms with Crippen LogP contribution in [-0.2, 0) is 16.0 Å². The van der Waals surface area contributed by atoms with Crippen LogP contribution in [0.1, 0.15) is 18.5 Å². The number of rotatable bonds is 7. The molecule has 0 aliphatic heterocycles. The fourth-order valence-corrected chi connectivity index (χ4v) is 2.90. The normalized spacial score (nSPS) is 13.3. The molecular formula is C20H21N3O3. The fraction of sp³-hybridized carbons (Fsp3) is 0.250. The second kappa shape index (κ2) is 7.82. The number of nitrogens with one attached hydrogen (secondary N) is 1. The zero-order valence-electron chi connectivity index (χ0n) is 14.5. The molecule has 3 rings (SSSR count). The molecule has 0 saturated carbocycles. The third-order valence-electron chi connectivity index (χ3n) is 4.47. The molecule has 6 heteroatoms. The van der Waals surface area contributed by atoms with E-state index in [1.807, 2.05) is 42.5 Å². The van der Waals surface area contributed by atoms with Crippen LogP contribution < -0.4 is 5.32 Å². The average molecular weight is 351 g/mol. The van der Waals surface area contributed by atoms with Crippen molar-refractivity contribution in [1.82, 2.24) is 15.1 Å². The number of hydrogen-bond acceptors (Lipinski definition) is 3. The molecular weight excluding hydrogens is 330 g/mol. The third-order valence-corrected chi connectivity index (χ3v) is 4.47. The van der Waals surface area contributed by atoms with E-state index in [2.05, 4.69) is 10.4 Å². The number of nitrogens with zero attached hydrogens (tertiary/aromatic N) is 2. The summed E-state index contributed by atoms with van der Waals surface area (Å²) in [5.74, 6) is -1.87. The molecule has 0 fully saturated rings. The van der Waals surface area contributed by atoms with E-state index < -0.39 is 17.9 Å². The van der Waals surface area contributed by atoms with Crippen LogP contribution in [0.3, 0.4) is 0 Å². The number of benzene rings is 2. The Bertz CT molecular complexity index is 906. The molecule has 26 heavy (non-hydrogen) atoms. The maximum atomic E-state index is 12.2. The van der Waals surface area contributed by atoms with E-state index >= 15 is 0 Å². The summed E-state index contributed by atoms with van der Waals surface area (Å²) in [6.45, 7) is 1.80. The summed E-state index contributed by atoms with van der Waals surface area (Å²) < 4.78 is 1.54. The molecule has 6 nitrogen and oxygen atoms in total. The number of carbonyl (C=O) groups excluding carboxylic acids is 1. The highest BCUT2D eigenvalue weighted by Crippen LogP contribution is 2.18. The molecule has 1 amide bonds. The Kier molecular flexibility index (Phi) is 5.31. The van der Waals surface area contributed by atoms with Gasteiger partial charge in [0.05, 0.1) is 5.92 Å². The van der Waals surface area contributed by atoms with Gasteiger partial charge in [-0.1, -0.05) is 42.5 Å². The number of carboxylic acid groups (broad SMARTS) is 1. The second-order valence-corrected chi connectivity index (χ2v) is 6.33. The molecule has 134 valence electrons. The van der Waals surface area contributed by atoms with Gasteiger partial charge < -0.3 is 10.4 Å². The first-order chi connectivity index (χ1) is 12.5. The maximum absolute atomic E-state index is 12.2. The van der Waals surface area contributed by atoms with Crippen LogP contribution >= 0.6 is 0 Å². The zero-order valence-corrected chi connectivity index (χ0v) is 14.5. The first-order valence-electron chi connectivity index (χ1n) is 8.52. The van der Waals surface area contributed by atoms with Crippen molar-refractivity contribution in [3.8, 4) is 0 Å². The third kappa shape index (κ3) is 4.08. The molecule has 1 heterocycles. The minimum Gasteiger partial charge on any atom is -0.481 e. The predicted molar refractivity (Wildman–Crippen MR) is 98.7 cm³/mol. The topological polar surface area (TPSA) is 84.2 Å². The molecule has 0 aliphatic carbocycles. The minimum atomic E-state index is -0.926. The van der Waals surface area contributed by atoms with Crippen molar-refractivity contribution in [2.45, 2.75) is 19.4 Å². The predicted octanol–water partition coefficient (Wildman–Crippen LogP) is 2.66. The van der Waals surface area contributed by atoms with E-state index in [4.69, 9.17) is 0 Å². The molecule has 0 radical (unpaired) electrons. The Balaban J connectivity index is 1.65. The molecule has 0 spiro atoms. The Morgan fingerprint density at radius 2 is 1.92 bits per heavy atom. The van der Waals surface area contributed by atoms with Gasteiger partial charge in [0.25, 0.3) is 0 Å². The van der Waals surface area contributed by atoms with Gasteiger partial charge in [0.15, 0.2) is 0 Å². The maximum Gasteiger partial charge on any atom is 0.308 e. The Hall–Kier alpha value is -3.15. The van der Waals surface area contributed by atoms with E-state index in [-0.39, 0.29) is 12.5 Å². The lowest BCUT2D eigenvalue weighted by Gasteiger charge is -2.17. The average Bonchev–Trinajstić information content (AvgIpc) is 3.18. The van der Waals surface area contributed by atoms with Crippen molar-refractivity contribution in [1.29, 1.82) is 0 Å². The number of carboxylic acids is 1. The highest BCUT2D eigenvalue weighted by molar-refractivity contribution is 5.83. The first kappa shape index (κ1) is 17.7. The van der Waals surface area contributed by atoms with E-state index in [1.165, 1.54) is 4.68 Å². The number of aliphatic carboxylic acids is 1. The van der Waals surface area contributed by atoms with Crippen molar-refractivity contribution in [3.05, 3.63) is 66.5 Å². The lowest BCUT2D eigenvalue weighted by molar-refractivity contribution is -0.141. The van der Waals surface area contributed by atoms with E-state index in [0.717, 1.165) is 16.3 Å². The highest BCUT2D eigenvalue weighted by Gasteiger charge is 2.21. The lowest BCUT2D eigenvalue weighted by atomic mass is 9.97. The first-order valence-corrected chi connectivity index (χ1v) is 8.52. The summed E-state index contributed by atoms with van der Waals surface area (Å²) in [4.78, 5) is 23.8. The zero-order chi connectivity index (χ0) is 18.5. The van der Waals surface area contributed by atoms with Gasteiger partial charge >= 0.3 is 5.97 Å². The smallest absolute Gasteiger partial charge is 0.308 e. The number of fused-ring (bicyclic) bond motifs is 1. The van der Waals surface area contributed by atoms with Gasteiger partial charge in [-0.2, -0.15) is 5.10 Å². The van der Waals surface area contributed by atoms with Gasteiger partial charge in [-0.15, -0.1) is 0 Å². The van der Waals surface area contributed by atoms with Crippen LogP contribution in [0.5, 0.6) is 0 Å². The van der Waals surface area contributed by atoms with E-state index in [0.29, 0.717) is 6.42 Å². The number of aromatic nitrogens is 2. The largest absolute Gasteiger partial charge is 0.481 e. The number of amides is 1. The molecule has 0 saturated heterocycles. The van der Waals surface area contributed by atoms with Gasteiger partial charge in [-0.3, -0.25) is 14.3 Å². The molecule has 2 unspecified atom stereocenters. The van der Waals surface area contributed by atoms with Crippen LogP contribution in [0, 0.1) is 5.92 Å². The Morgan fingerprint density at radius 3 is 2.62 bits per heavy atom. The molecule has 2 N–H and O–H groups in total. The van der Waals surface area contributed by atoms with Crippen molar-refractivity contribution < 1.29 is 14.7 Å². The van der Waals surface area contributed by atoms with E-state index in [1.54, 1.807) is 25.4 Å². The van der Waals surface area contributed by atoms with Crippen LogP contribution in [0.2, 0.25) is 0 Å². The van der Waals surface area contributed by atoms with Gasteiger partial charge in [-0.25, -0.2) is 0 Å². The molecule has 2 aromatic carbocycles. The molecule has 0 bridgehead atoms. The summed E-state index contributed by atoms with van der Waals surface area (Å²) in [5.41, 5.74) is 0.936. The van der Waals surface area contributed by atoms with Crippen molar-refractivity contribution >= 4 is 22.6 Å². The van der Waals surface area contributed by atoms with Gasteiger partial charge in [0, 0.05) is 18.9 Å². The Labute approximate surface area is 151 Å². The highest BCUT2D eigenvalue weighted by atomic mass is 16.4. The molecule has 1 aromatic heterocycles. The monoisotopic (exact) mass is 351 g/mol. The van der Waals surface area contributed by atoms with Crippen LogP contribution in [0.25, 0.3) is 10.8 Å². The van der Waals surface area contributed by atoms with Crippen LogP contribution in [-0.4, -0.2) is 33.3 Å². The quantitative estimate of drug-likeness (QED) is 0.685. The number of carbonyl (C=O) groups is 2. The van der Waals surface area contributed by atoms with Gasteiger partial charge in [0.1, 0.15) is 6.04 Å². The standard InChI is InChI=1S/C20H21N3O3/c1-14(23-10-4-9-22-23)19(24)21-13-18(20(25)26)12-15-7-8-16-5-2-3-6-17(16)11-15/h2-11,14,18H,12-13H2,1H3,(H,21,24)(H,25,26). The molecule has 3 aromatic rings. The lowest BCUT2D eigenvalue weighted by Crippen LogP contribution is -2.37. The summed E-state index contributed by atoms with van der Waals surface area (Å²) >= 11 is 0. The SMILES string of the molecule is CC(C(=O)NCC(Cc1ccc2ccccc2c1)C(=O)O)n1cccn1. The van der Waals surface area contributed by atoms with Crippen molar-refractivity contribution in [2.24, 2.45) is 5.92 Å². The van der Waals surface area contributed by atoms with Crippen LogP contribution in [0.4, 0.5) is 0 Å². The second-order valence-electron chi connectivity index (χ2n) is 6.33. The summed E-state index contributed by atoms with van der Waals surface area (Å²) in [7, 11) is 0. The summed E-state index contributed by atoms with van der Waals surface area (Å²) in [6.07, 6.45) is 3.66. The summed E-state index contributed by atoms with van der Waals surface area (Å²) in [6, 6.07) is 15.1. The van der Waals surface area contributed by atoms with Gasteiger partial charge in [-0.05, 0) is 35.7 Å².